The van der Waals surface area contributed by atoms with Crippen molar-refractivity contribution in [1.82, 2.24) is 5.32 Å². The highest BCUT2D eigenvalue weighted by Crippen LogP contribution is 2.30. The molecule has 0 bridgehead atoms. The van der Waals surface area contributed by atoms with Crippen molar-refractivity contribution in [3.63, 3.8) is 0 Å². The molecule has 0 saturated heterocycles. The number of benzene rings is 1. The van der Waals surface area contributed by atoms with Crippen LogP contribution >= 0.6 is 0 Å². The molecule has 14 heavy (non-hydrogen) atoms. The van der Waals surface area contributed by atoms with Gasteiger partial charge in [-0.15, -0.1) is 0 Å². The highest BCUT2D eigenvalue weighted by molar-refractivity contribution is 5.88. The maximum atomic E-state index is 3.96. The summed E-state index contributed by atoms with van der Waals surface area (Å²) in [6.07, 6.45) is 1.97. The number of nitrogens with one attached hydrogen (secondary N) is 1. The topological polar surface area (TPSA) is 12.0 Å². The third-order valence-corrected chi connectivity index (χ3v) is 2.39. The Morgan fingerprint density at radius 2 is 1.86 bits per heavy atom. The highest BCUT2D eigenvalue weighted by atomic mass is 14.9. The Balaban J connectivity index is 2.62. The van der Waals surface area contributed by atoms with E-state index in [1.165, 1.54) is 5.56 Å². The van der Waals surface area contributed by atoms with E-state index in [2.05, 4.69) is 30.6 Å². The molecule has 2 rings (SSSR count). The second kappa shape index (κ2) is 3.18. The monoisotopic (exact) mass is 183 g/mol. The van der Waals surface area contributed by atoms with Crippen LogP contribution in [0.4, 0.5) is 0 Å². The van der Waals surface area contributed by atoms with Crippen LogP contribution in [0.5, 0.6) is 0 Å². The van der Waals surface area contributed by atoms with Crippen LogP contribution in [-0.2, 0) is 0 Å². The van der Waals surface area contributed by atoms with E-state index in [1.54, 1.807) is 0 Å². The average molecular weight is 183 g/mol. The molecule has 0 saturated carbocycles. The van der Waals surface area contributed by atoms with Gasteiger partial charge in [0, 0.05) is 23.0 Å². The summed E-state index contributed by atoms with van der Waals surface area (Å²) in [5, 5.41) is 3.15. The van der Waals surface area contributed by atoms with Crippen molar-refractivity contribution in [2.45, 2.75) is 6.92 Å². The zero-order chi connectivity index (χ0) is 10.1. The van der Waals surface area contributed by atoms with Gasteiger partial charge >= 0.3 is 0 Å². The van der Waals surface area contributed by atoms with Gasteiger partial charge < -0.3 is 5.32 Å². The fourth-order valence-corrected chi connectivity index (χ4v) is 1.65. The molecule has 0 fully saturated rings. The fraction of sp³-hybridized carbons (Fsp3) is 0.0769. The molecule has 0 aromatic heterocycles. The Bertz CT molecular complexity index is 438. The summed E-state index contributed by atoms with van der Waals surface area (Å²) in [7, 11) is 0. The zero-order valence-electron chi connectivity index (χ0n) is 8.30. The minimum atomic E-state index is 0.950. The molecule has 0 spiro atoms. The number of rotatable bonds is 1. The molecule has 1 aliphatic rings. The van der Waals surface area contributed by atoms with Crippen LogP contribution in [0.3, 0.4) is 0 Å². The van der Waals surface area contributed by atoms with E-state index in [0.717, 1.165) is 22.4 Å². The molecule has 0 amide bonds. The van der Waals surface area contributed by atoms with Crippen LogP contribution in [0, 0.1) is 0 Å². The van der Waals surface area contributed by atoms with Gasteiger partial charge in [0.05, 0.1) is 0 Å². The van der Waals surface area contributed by atoms with Crippen molar-refractivity contribution in [3.8, 4) is 0 Å². The number of allylic oxidation sites excluding steroid dienone is 2. The van der Waals surface area contributed by atoms with Crippen molar-refractivity contribution < 1.29 is 0 Å². The number of hydrogen-bond donors (Lipinski definition) is 1. The van der Waals surface area contributed by atoms with Crippen LogP contribution < -0.4 is 5.32 Å². The molecule has 1 nitrogen and oxygen atoms in total. The Labute approximate surface area is 84.5 Å². The maximum Gasteiger partial charge on any atom is 0.0386 e. The lowest BCUT2D eigenvalue weighted by molar-refractivity contribution is 1.19. The lowest BCUT2D eigenvalue weighted by Crippen LogP contribution is -2.11. The zero-order valence-corrected chi connectivity index (χ0v) is 8.30. The molecule has 1 aliphatic heterocycles. The largest absolute Gasteiger partial charge is 0.361 e. The molecule has 1 heterocycles. The van der Waals surface area contributed by atoms with Gasteiger partial charge in [0.25, 0.3) is 0 Å². The summed E-state index contributed by atoms with van der Waals surface area (Å²) in [5.74, 6) is 0. The first kappa shape index (κ1) is 8.82. The highest BCUT2D eigenvalue weighted by Gasteiger charge is 2.13. The fourth-order valence-electron chi connectivity index (χ4n) is 1.65. The van der Waals surface area contributed by atoms with Gasteiger partial charge in [-0.1, -0.05) is 37.4 Å². The second-order valence-corrected chi connectivity index (χ2v) is 3.51. The van der Waals surface area contributed by atoms with E-state index in [1.807, 2.05) is 25.3 Å². The summed E-state index contributed by atoms with van der Waals surface area (Å²) in [5.41, 5.74) is 5.55. The number of hydrogen-bond acceptors (Lipinski definition) is 1. The van der Waals surface area contributed by atoms with Crippen molar-refractivity contribution in [1.29, 1.82) is 0 Å². The lowest BCUT2D eigenvalue weighted by atomic mass is 9.92. The summed E-state index contributed by atoms with van der Waals surface area (Å²) >= 11 is 0. The maximum absolute atomic E-state index is 3.96. The molecule has 0 radical (unpaired) electrons. The van der Waals surface area contributed by atoms with Gasteiger partial charge in [-0.2, -0.15) is 0 Å². The van der Waals surface area contributed by atoms with Gasteiger partial charge in [-0.05, 0) is 18.1 Å². The Morgan fingerprint density at radius 3 is 2.50 bits per heavy atom. The number of fused-ring (bicyclic) bond motifs is 1. The van der Waals surface area contributed by atoms with E-state index in [0.29, 0.717) is 0 Å². The minimum absolute atomic E-state index is 0.950. The molecular weight excluding hydrogens is 170 g/mol. The summed E-state index contributed by atoms with van der Waals surface area (Å²) < 4.78 is 0. The molecule has 0 unspecified atom stereocenters. The molecule has 1 heteroatoms. The van der Waals surface area contributed by atoms with E-state index in [9.17, 15) is 0 Å². The molecule has 0 atom stereocenters. The normalized spacial score (nSPS) is 14.1. The Kier molecular flexibility index (Phi) is 2.01. The van der Waals surface area contributed by atoms with Crippen LogP contribution in [0.25, 0.3) is 11.3 Å². The lowest BCUT2D eigenvalue weighted by Gasteiger charge is -2.20. The SMILES string of the molecule is C=C(C)C1=CNC(=C)c2ccccc21. The Morgan fingerprint density at radius 1 is 1.21 bits per heavy atom. The third kappa shape index (κ3) is 1.27. The van der Waals surface area contributed by atoms with Crippen molar-refractivity contribution in [3.05, 3.63) is 60.3 Å². The van der Waals surface area contributed by atoms with E-state index >= 15 is 0 Å². The van der Waals surface area contributed by atoms with Gasteiger partial charge in [0.2, 0.25) is 0 Å². The average Bonchev–Trinajstić information content (AvgIpc) is 2.18. The van der Waals surface area contributed by atoms with E-state index in [-0.39, 0.29) is 0 Å². The first-order chi connectivity index (χ1) is 6.70. The van der Waals surface area contributed by atoms with Crippen molar-refractivity contribution >= 4 is 11.3 Å². The summed E-state index contributed by atoms with van der Waals surface area (Å²) in [6.45, 7) is 9.94. The van der Waals surface area contributed by atoms with Crippen molar-refractivity contribution in [2.24, 2.45) is 0 Å². The predicted octanol–water partition coefficient (Wildman–Crippen LogP) is 3.18. The quantitative estimate of drug-likeness (QED) is 0.705. The predicted molar refractivity (Wildman–Crippen MR) is 61.4 cm³/mol. The first-order valence-corrected chi connectivity index (χ1v) is 4.61. The molecule has 1 aromatic rings. The van der Waals surface area contributed by atoms with Crippen LogP contribution in [0.15, 0.2) is 49.2 Å². The minimum Gasteiger partial charge on any atom is -0.361 e. The van der Waals surface area contributed by atoms with Crippen LogP contribution in [-0.4, -0.2) is 0 Å². The molecule has 1 N–H and O–H groups in total. The second-order valence-electron chi connectivity index (χ2n) is 3.51. The summed E-state index contributed by atoms with van der Waals surface area (Å²) in [4.78, 5) is 0. The van der Waals surface area contributed by atoms with E-state index in [4.69, 9.17) is 0 Å². The smallest absolute Gasteiger partial charge is 0.0386 e. The van der Waals surface area contributed by atoms with Gasteiger partial charge in [0.15, 0.2) is 0 Å². The Hall–Kier alpha value is -1.76. The van der Waals surface area contributed by atoms with Gasteiger partial charge in [0.1, 0.15) is 0 Å². The van der Waals surface area contributed by atoms with E-state index < -0.39 is 0 Å². The molecule has 70 valence electrons. The summed E-state index contributed by atoms with van der Waals surface area (Å²) in [6, 6.07) is 8.23. The van der Waals surface area contributed by atoms with Crippen molar-refractivity contribution in [2.75, 3.05) is 0 Å². The van der Waals surface area contributed by atoms with Crippen LogP contribution in [0.1, 0.15) is 18.1 Å². The molecule has 1 aromatic carbocycles. The van der Waals surface area contributed by atoms with Gasteiger partial charge in [-0.3, -0.25) is 0 Å². The van der Waals surface area contributed by atoms with Crippen LogP contribution in [0.2, 0.25) is 0 Å². The first-order valence-electron chi connectivity index (χ1n) is 4.61. The standard InChI is InChI=1S/C13H13N/c1-9(2)13-8-14-10(3)11-6-4-5-7-12(11)13/h4-8,14H,1,3H2,2H3. The third-order valence-electron chi connectivity index (χ3n) is 2.39. The van der Waals surface area contributed by atoms with Gasteiger partial charge in [-0.25, -0.2) is 0 Å². The molecule has 0 aliphatic carbocycles. The molecular formula is C13H13N.